The lowest BCUT2D eigenvalue weighted by Gasteiger charge is -2.20. The van der Waals surface area contributed by atoms with Gasteiger partial charge in [-0.1, -0.05) is 12.8 Å². The third kappa shape index (κ3) is 4.69. The van der Waals surface area contributed by atoms with Gasteiger partial charge >= 0.3 is 0 Å². The van der Waals surface area contributed by atoms with Crippen molar-refractivity contribution in [3.8, 4) is 0 Å². The maximum absolute atomic E-state index is 11.8. The first-order chi connectivity index (χ1) is 9.79. The molecule has 5 nitrogen and oxygen atoms in total. The fourth-order valence-electron chi connectivity index (χ4n) is 3.19. The first kappa shape index (κ1) is 15.1. The van der Waals surface area contributed by atoms with E-state index in [0.717, 1.165) is 25.6 Å². The van der Waals surface area contributed by atoms with E-state index in [0.29, 0.717) is 18.9 Å². The van der Waals surface area contributed by atoms with Crippen LogP contribution in [-0.4, -0.2) is 50.0 Å². The summed E-state index contributed by atoms with van der Waals surface area (Å²) >= 11 is 0. The predicted molar refractivity (Wildman–Crippen MR) is 81.8 cm³/mol. The van der Waals surface area contributed by atoms with Crippen LogP contribution in [0.4, 0.5) is 0 Å². The van der Waals surface area contributed by atoms with Crippen LogP contribution in [0.25, 0.3) is 0 Å². The molecule has 0 bridgehead atoms. The van der Waals surface area contributed by atoms with E-state index >= 15 is 0 Å². The van der Waals surface area contributed by atoms with Gasteiger partial charge in [-0.05, 0) is 31.6 Å². The van der Waals surface area contributed by atoms with E-state index in [4.69, 9.17) is 0 Å². The summed E-state index contributed by atoms with van der Waals surface area (Å²) in [6.45, 7) is 3.61. The average molecular weight is 280 g/mol. The highest BCUT2D eigenvalue weighted by Gasteiger charge is 2.18. The Hall–Kier alpha value is -1.26. The number of hydrogen-bond acceptors (Lipinski definition) is 2. The zero-order chi connectivity index (χ0) is 14.2. The molecule has 2 rings (SSSR count). The molecule has 0 spiro atoms. The Morgan fingerprint density at radius 2 is 1.75 bits per heavy atom. The third-order valence-corrected chi connectivity index (χ3v) is 4.30. The zero-order valence-electron chi connectivity index (χ0n) is 12.7. The van der Waals surface area contributed by atoms with Gasteiger partial charge in [0, 0.05) is 39.6 Å². The van der Waals surface area contributed by atoms with E-state index in [1.54, 1.807) is 0 Å². The number of rotatable bonds is 5. The Labute approximate surface area is 122 Å². The molecule has 2 fully saturated rings. The van der Waals surface area contributed by atoms with Gasteiger partial charge in [-0.15, -0.1) is 0 Å². The van der Waals surface area contributed by atoms with Crippen LogP contribution in [0.3, 0.4) is 0 Å². The minimum atomic E-state index is 0.204. The smallest absolute Gasteiger partial charge is 0.220 e. The molecule has 2 N–H and O–H groups in total. The summed E-state index contributed by atoms with van der Waals surface area (Å²) in [7, 11) is 1.82. The van der Waals surface area contributed by atoms with Crippen molar-refractivity contribution in [1.29, 1.82) is 0 Å². The van der Waals surface area contributed by atoms with Crippen molar-refractivity contribution in [2.45, 2.75) is 44.9 Å². The van der Waals surface area contributed by atoms with Crippen molar-refractivity contribution in [1.82, 2.24) is 15.5 Å². The molecule has 1 saturated carbocycles. The minimum absolute atomic E-state index is 0.204. The molecule has 0 aromatic heterocycles. The Morgan fingerprint density at radius 1 is 1.10 bits per heavy atom. The van der Waals surface area contributed by atoms with Gasteiger partial charge < -0.3 is 15.5 Å². The van der Waals surface area contributed by atoms with Crippen LogP contribution in [-0.2, 0) is 4.79 Å². The van der Waals surface area contributed by atoms with Crippen LogP contribution in [0.1, 0.15) is 44.9 Å². The number of hydrogen-bond donors (Lipinski definition) is 2. The molecular formula is C15H28N4O. The van der Waals surface area contributed by atoms with Gasteiger partial charge in [0.15, 0.2) is 5.96 Å². The number of guanidine groups is 1. The first-order valence-corrected chi connectivity index (χ1v) is 8.02. The van der Waals surface area contributed by atoms with Crippen molar-refractivity contribution in [3.05, 3.63) is 0 Å². The number of aliphatic imine (C=N–C) groups is 1. The second-order valence-electron chi connectivity index (χ2n) is 5.87. The Balaban J connectivity index is 1.56. The molecular weight excluding hydrogens is 252 g/mol. The fraction of sp³-hybridized carbons (Fsp3) is 0.867. The molecule has 0 aromatic carbocycles. The lowest BCUT2D eigenvalue weighted by atomic mass is 10.0. The first-order valence-electron chi connectivity index (χ1n) is 8.02. The zero-order valence-corrected chi connectivity index (χ0v) is 12.7. The van der Waals surface area contributed by atoms with Crippen LogP contribution < -0.4 is 10.6 Å². The molecule has 0 unspecified atom stereocenters. The summed E-state index contributed by atoms with van der Waals surface area (Å²) < 4.78 is 0. The molecule has 114 valence electrons. The normalized spacial score (nSPS) is 20.4. The number of amides is 1. The van der Waals surface area contributed by atoms with Crippen LogP contribution in [0, 0.1) is 5.92 Å². The number of likely N-dealkylation sites (tertiary alicyclic amines) is 1. The average Bonchev–Trinajstić information content (AvgIpc) is 3.11. The standard InChI is InChI=1S/C15H28N4O/c1-16-15(19-10-4-5-11-19)18-9-8-17-14(20)12-13-6-2-3-7-13/h13H,2-12H2,1H3,(H,16,18)(H,17,20). The van der Waals surface area contributed by atoms with Gasteiger partial charge in [0.25, 0.3) is 0 Å². The van der Waals surface area contributed by atoms with E-state index in [9.17, 15) is 4.79 Å². The summed E-state index contributed by atoms with van der Waals surface area (Å²) in [6.07, 6.45) is 8.26. The van der Waals surface area contributed by atoms with Crippen molar-refractivity contribution in [2.75, 3.05) is 33.2 Å². The van der Waals surface area contributed by atoms with Gasteiger partial charge in [-0.2, -0.15) is 0 Å². The summed E-state index contributed by atoms with van der Waals surface area (Å²) in [5.74, 6) is 1.79. The van der Waals surface area contributed by atoms with Crippen molar-refractivity contribution in [2.24, 2.45) is 10.9 Å². The van der Waals surface area contributed by atoms with E-state index in [1.807, 2.05) is 7.05 Å². The second kappa shape index (κ2) is 8.12. The van der Waals surface area contributed by atoms with E-state index < -0.39 is 0 Å². The van der Waals surface area contributed by atoms with Gasteiger partial charge in [-0.3, -0.25) is 9.79 Å². The molecule has 20 heavy (non-hydrogen) atoms. The summed E-state index contributed by atoms with van der Waals surface area (Å²) in [5, 5.41) is 6.33. The number of carbonyl (C=O) groups is 1. The monoisotopic (exact) mass is 280 g/mol. The molecule has 1 heterocycles. The van der Waals surface area contributed by atoms with Gasteiger partial charge in [0.2, 0.25) is 5.91 Å². The maximum Gasteiger partial charge on any atom is 0.220 e. The summed E-state index contributed by atoms with van der Waals surface area (Å²) in [5.41, 5.74) is 0. The highest BCUT2D eigenvalue weighted by molar-refractivity contribution is 5.80. The topological polar surface area (TPSA) is 56.7 Å². The van der Waals surface area contributed by atoms with Crippen LogP contribution in [0.15, 0.2) is 4.99 Å². The van der Waals surface area contributed by atoms with E-state index in [1.165, 1.54) is 38.5 Å². The lowest BCUT2D eigenvalue weighted by Crippen LogP contribution is -2.43. The molecule has 1 saturated heterocycles. The maximum atomic E-state index is 11.8. The summed E-state index contributed by atoms with van der Waals surface area (Å²) in [6, 6.07) is 0. The summed E-state index contributed by atoms with van der Waals surface area (Å²) in [4.78, 5) is 18.4. The SMILES string of the molecule is CN=C(NCCNC(=O)CC1CCCC1)N1CCCC1. The Kier molecular flexibility index (Phi) is 6.15. The molecule has 0 aromatic rings. The molecule has 1 aliphatic carbocycles. The fourth-order valence-corrected chi connectivity index (χ4v) is 3.19. The van der Waals surface area contributed by atoms with Crippen LogP contribution in [0.5, 0.6) is 0 Å². The molecule has 2 aliphatic rings. The molecule has 1 aliphatic heterocycles. The quantitative estimate of drug-likeness (QED) is 0.454. The van der Waals surface area contributed by atoms with Crippen LogP contribution >= 0.6 is 0 Å². The van der Waals surface area contributed by atoms with Gasteiger partial charge in [-0.25, -0.2) is 0 Å². The Morgan fingerprint density at radius 3 is 2.40 bits per heavy atom. The molecule has 1 amide bonds. The molecule has 0 atom stereocenters. The highest BCUT2D eigenvalue weighted by Crippen LogP contribution is 2.27. The largest absolute Gasteiger partial charge is 0.354 e. The highest BCUT2D eigenvalue weighted by atomic mass is 16.1. The molecule has 0 radical (unpaired) electrons. The number of nitrogens with zero attached hydrogens (tertiary/aromatic N) is 2. The third-order valence-electron chi connectivity index (χ3n) is 4.30. The lowest BCUT2D eigenvalue weighted by molar-refractivity contribution is -0.121. The predicted octanol–water partition coefficient (Wildman–Crippen LogP) is 1.35. The number of nitrogens with one attached hydrogen (secondary N) is 2. The van der Waals surface area contributed by atoms with Crippen molar-refractivity contribution < 1.29 is 4.79 Å². The second-order valence-corrected chi connectivity index (χ2v) is 5.87. The van der Waals surface area contributed by atoms with Crippen molar-refractivity contribution >= 4 is 11.9 Å². The van der Waals surface area contributed by atoms with E-state index in [-0.39, 0.29) is 5.91 Å². The van der Waals surface area contributed by atoms with Crippen LogP contribution in [0.2, 0.25) is 0 Å². The van der Waals surface area contributed by atoms with Gasteiger partial charge in [0.05, 0.1) is 0 Å². The van der Waals surface area contributed by atoms with E-state index in [2.05, 4.69) is 20.5 Å². The Bertz CT molecular complexity index is 331. The van der Waals surface area contributed by atoms with Crippen molar-refractivity contribution in [3.63, 3.8) is 0 Å². The molecule has 5 heteroatoms. The minimum Gasteiger partial charge on any atom is -0.354 e. The van der Waals surface area contributed by atoms with Gasteiger partial charge in [0.1, 0.15) is 0 Å². The number of carbonyl (C=O) groups excluding carboxylic acids is 1.